The van der Waals surface area contributed by atoms with E-state index in [4.69, 9.17) is 14.5 Å². The van der Waals surface area contributed by atoms with Crippen molar-refractivity contribution < 1.29 is 14.3 Å². The fourth-order valence-corrected chi connectivity index (χ4v) is 3.84. The molecule has 1 atom stereocenters. The standard InChI is InChI=1S/C19H35N5O3/c1-2-20-19(21-6-4-7-22-12-15-26-16-13-22)24-10-8-23(9-11-24)18(25)17-5-3-14-27-17/h17H,2-16H2,1H3,(H,20,21). The van der Waals surface area contributed by atoms with E-state index in [1.807, 2.05) is 4.90 Å². The number of nitrogens with zero attached hydrogens (tertiary/aromatic N) is 4. The van der Waals surface area contributed by atoms with Gasteiger partial charge in [0.05, 0.1) is 13.2 Å². The van der Waals surface area contributed by atoms with Crippen LogP contribution in [-0.4, -0.2) is 111 Å². The van der Waals surface area contributed by atoms with Crippen LogP contribution in [0.15, 0.2) is 4.99 Å². The zero-order chi connectivity index (χ0) is 18.9. The number of piperazine rings is 1. The van der Waals surface area contributed by atoms with Crippen LogP contribution in [0.5, 0.6) is 0 Å². The van der Waals surface area contributed by atoms with E-state index in [1.54, 1.807) is 0 Å². The highest BCUT2D eigenvalue weighted by Gasteiger charge is 2.30. The van der Waals surface area contributed by atoms with Crippen molar-refractivity contribution in [3.63, 3.8) is 0 Å². The van der Waals surface area contributed by atoms with Gasteiger partial charge >= 0.3 is 0 Å². The van der Waals surface area contributed by atoms with Crippen molar-refractivity contribution in [2.45, 2.75) is 32.3 Å². The van der Waals surface area contributed by atoms with Gasteiger partial charge in [0.2, 0.25) is 0 Å². The van der Waals surface area contributed by atoms with Gasteiger partial charge < -0.3 is 24.6 Å². The maximum atomic E-state index is 12.5. The van der Waals surface area contributed by atoms with Crippen molar-refractivity contribution >= 4 is 11.9 Å². The molecule has 8 nitrogen and oxygen atoms in total. The number of rotatable bonds is 6. The second-order valence-electron chi connectivity index (χ2n) is 7.36. The molecule has 3 saturated heterocycles. The number of hydrogen-bond acceptors (Lipinski definition) is 5. The monoisotopic (exact) mass is 381 g/mol. The summed E-state index contributed by atoms with van der Waals surface area (Å²) in [4.78, 5) is 24.0. The van der Waals surface area contributed by atoms with E-state index in [9.17, 15) is 4.79 Å². The summed E-state index contributed by atoms with van der Waals surface area (Å²) in [6.07, 6.45) is 2.72. The molecule has 0 aromatic rings. The van der Waals surface area contributed by atoms with Crippen LogP contribution in [0.3, 0.4) is 0 Å². The van der Waals surface area contributed by atoms with Gasteiger partial charge in [0.25, 0.3) is 5.91 Å². The molecule has 1 unspecified atom stereocenters. The first-order valence-electron chi connectivity index (χ1n) is 10.5. The molecule has 154 valence electrons. The molecule has 3 rings (SSSR count). The van der Waals surface area contributed by atoms with Crippen molar-refractivity contribution in [2.24, 2.45) is 4.99 Å². The highest BCUT2D eigenvalue weighted by atomic mass is 16.5. The Labute approximate surface area is 162 Å². The summed E-state index contributed by atoms with van der Waals surface area (Å²) >= 11 is 0. The van der Waals surface area contributed by atoms with Crippen LogP contribution in [0.1, 0.15) is 26.2 Å². The second kappa shape index (κ2) is 10.8. The summed E-state index contributed by atoms with van der Waals surface area (Å²) in [6, 6.07) is 0. The second-order valence-corrected chi connectivity index (χ2v) is 7.36. The Morgan fingerprint density at radius 2 is 1.81 bits per heavy atom. The van der Waals surface area contributed by atoms with E-state index in [2.05, 4.69) is 22.0 Å². The van der Waals surface area contributed by atoms with Gasteiger partial charge in [-0.2, -0.15) is 0 Å². The first-order chi connectivity index (χ1) is 13.3. The topological polar surface area (TPSA) is 69.6 Å². The summed E-state index contributed by atoms with van der Waals surface area (Å²) < 4.78 is 10.9. The van der Waals surface area contributed by atoms with Gasteiger partial charge in [-0.1, -0.05) is 0 Å². The maximum Gasteiger partial charge on any atom is 0.251 e. The van der Waals surface area contributed by atoms with Crippen LogP contribution in [0, 0.1) is 0 Å². The Morgan fingerprint density at radius 3 is 2.48 bits per heavy atom. The molecule has 0 saturated carbocycles. The van der Waals surface area contributed by atoms with Gasteiger partial charge in [0.15, 0.2) is 5.96 Å². The van der Waals surface area contributed by atoms with Gasteiger partial charge in [0, 0.05) is 65.5 Å². The summed E-state index contributed by atoms with van der Waals surface area (Å²) in [7, 11) is 0. The van der Waals surface area contributed by atoms with Crippen LogP contribution < -0.4 is 5.32 Å². The van der Waals surface area contributed by atoms with E-state index in [-0.39, 0.29) is 12.0 Å². The first-order valence-corrected chi connectivity index (χ1v) is 10.5. The lowest BCUT2D eigenvalue weighted by Gasteiger charge is -2.37. The Balaban J connectivity index is 1.42. The molecule has 0 aromatic carbocycles. The number of nitrogens with one attached hydrogen (secondary N) is 1. The molecule has 1 amide bonds. The summed E-state index contributed by atoms with van der Waals surface area (Å²) in [6.45, 7) is 12.5. The Morgan fingerprint density at radius 1 is 1.07 bits per heavy atom. The van der Waals surface area contributed by atoms with Crippen LogP contribution >= 0.6 is 0 Å². The molecule has 0 aliphatic carbocycles. The number of carbonyl (C=O) groups is 1. The fraction of sp³-hybridized carbons (Fsp3) is 0.895. The van der Waals surface area contributed by atoms with Gasteiger partial charge in [-0.3, -0.25) is 14.7 Å². The molecule has 3 aliphatic rings. The molecule has 0 bridgehead atoms. The average Bonchev–Trinajstić information content (AvgIpc) is 3.26. The average molecular weight is 382 g/mol. The number of aliphatic imine (C=N–C) groups is 1. The van der Waals surface area contributed by atoms with Gasteiger partial charge in [-0.25, -0.2) is 0 Å². The van der Waals surface area contributed by atoms with Crippen molar-refractivity contribution in [1.29, 1.82) is 0 Å². The van der Waals surface area contributed by atoms with Crippen LogP contribution in [0.2, 0.25) is 0 Å². The van der Waals surface area contributed by atoms with E-state index >= 15 is 0 Å². The molecule has 1 N–H and O–H groups in total. The van der Waals surface area contributed by atoms with E-state index in [0.717, 1.165) is 104 Å². The number of amides is 1. The predicted octanol–water partition coefficient (Wildman–Crippen LogP) is -0.00260. The third-order valence-corrected chi connectivity index (χ3v) is 5.43. The SMILES string of the molecule is CCNC(=NCCCN1CCOCC1)N1CCN(C(=O)C2CCCO2)CC1. The normalized spacial score (nSPS) is 25.1. The molecule has 3 heterocycles. The minimum absolute atomic E-state index is 0.166. The third kappa shape index (κ3) is 6.05. The highest BCUT2D eigenvalue weighted by molar-refractivity contribution is 5.82. The number of guanidine groups is 1. The van der Waals surface area contributed by atoms with E-state index < -0.39 is 0 Å². The number of hydrogen-bond donors (Lipinski definition) is 1. The lowest BCUT2D eigenvalue weighted by molar-refractivity contribution is -0.142. The molecular formula is C19H35N5O3. The Bertz CT molecular complexity index is 482. The Kier molecular flexibility index (Phi) is 8.16. The fourth-order valence-electron chi connectivity index (χ4n) is 3.84. The predicted molar refractivity (Wildman–Crippen MR) is 105 cm³/mol. The minimum atomic E-state index is -0.210. The molecule has 0 aromatic heterocycles. The van der Waals surface area contributed by atoms with Crippen molar-refractivity contribution in [2.75, 3.05) is 78.7 Å². The van der Waals surface area contributed by atoms with E-state index in [0.29, 0.717) is 0 Å². The molecular weight excluding hydrogens is 346 g/mol. The number of carbonyl (C=O) groups excluding carboxylic acids is 1. The van der Waals surface area contributed by atoms with Crippen LogP contribution in [0.4, 0.5) is 0 Å². The quantitative estimate of drug-likeness (QED) is 0.397. The first kappa shape index (κ1) is 20.4. The van der Waals surface area contributed by atoms with E-state index in [1.165, 1.54) is 0 Å². The number of ether oxygens (including phenoxy) is 2. The summed E-state index contributed by atoms with van der Waals surface area (Å²) in [5.41, 5.74) is 0. The van der Waals surface area contributed by atoms with Crippen LogP contribution in [-0.2, 0) is 14.3 Å². The Hall–Kier alpha value is -1.38. The number of morpholine rings is 1. The lowest BCUT2D eigenvalue weighted by atomic mass is 10.2. The summed E-state index contributed by atoms with van der Waals surface area (Å²) in [5.74, 6) is 1.14. The zero-order valence-electron chi connectivity index (χ0n) is 16.7. The molecule has 3 aliphatic heterocycles. The zero-order valence-corrected chi connectivity index (χ0v) is 16.7. The van der Waals surface area contributed by atoms with Gasteiger partial charge in [-0.15, -0.1) is 0 Å². The highest BCUT2D eigenvalue weighted by Crippen LogP contribution is 2.16. The molecule has 8 heteroatoms. The van der Waals surface area contributed by atoms with Crippen molar-refractivity contribution in [3.8, 4) is 0 Å². The van der Waals surface area contributed by atoms with Crippen molar-refractivity contribution in [3.05, 3.63) is 0 Å². The maximum absolute atomic E-state index is 12.5. The molecule has 0 radical (unpaired) electrons. The van der Waals surface area contributed by atoms with Crippen molar-refractivity contribution in [1.82, 2.24) is 20.0 Å². The lowest BCUT2D eigenvalue weighted by Crippen LogP contribution is -2.55. The molecule has 3 fully saturated rings. The smallest absolute Gasteiger partial charge is 0.251 e. The molecule has 0 spiro atoms. The van der Waals surface area contributed by atoms with Gasteiger partial charge in [0.1, 0.15) is 6.10 Å². The molecule has 27 heavy (non-hydrogen) atoms. The van der Waals surface area contributed by atoms with Gasteiger partial charge in [-0.05, 0) is 26.2 Å². The largest absolute Gasteiger partial charge is 0.379 e. The summed E-state index contributed by atoms with van der Waals surface area (Å²) in [5, 5.41) is 3.40. The third-order valence-electron chi connectivity index (χ3n) is 5.43. The van der Waals surface area contributed by atoms with Crippen LogP contribution in [0.25, 0.3) is 0 Å². The minimum Gasteiger partial charge on any atom is -0.379 e.